The van der Waals surface area contributed by atoms with E-state index in [1.54, 1.807) is 11.8 Å². The maximum absolute atomic E-state index is 13.8. The maximum Gasteiger partial charge on any atom is 0.345 e. The van der Waals surface area contributed by atoms with Gasteiger partial charge >= 0.3 is 12.6 Å². The van der Waals surface area contributed by atoms with Gasteiger partial charge in [-0.25, -0.2) is 4.98 Å². The summed E-state index contributed by atoms with van der Waals surface area (Å²) in [4.78, 5) is 32.2. The molecule has 10 heteroatoms. The number of rotatable bonds is 9. The van der Waals surface area contributed by atoms with Crippen molar-refractivity contribution in [3.05, 3.63) is 17.7 Å². The van der Waals surface area contributed by atoms with Crippen LogP contribution in [0.1, 0.15) is 87.4 Å². The highest BCUT2D eigenvalue weighted by atomic mass is 32.2. The highest BCUT2D eigenvalue weighted by Gasteiger charge is 2.57. The summed E-state index contributed by atoms with van der Waals surface area (Å²) in [5.74, 6) is 0.740. The number of thioether (sulfide) groups is 1. The predicted octanol–water partition coefficient (Wildman–Crippen LogP) is 5.72. The Morgan fingerprint density at radius 3 is 2.56 bits per heavy atom. The third-order valence-electron chi connectivity index (χ3n) is 9.83. The van der Waals surface area contributed by atoms with Gasteiger partial charge in [-0.3, -0.25) is 9.59 Å². The molecule has 0 aromatic carbocycles. The number of carbonyl (C=O) groups excluding carboxylic acids is 1. The highest BCUT2D eigenvalue weighted by molar-refractivity contribution is 7.99. The van der Waals surface area contributed by atoms with Crippen LogP contribution in [0.3, 0.4) is 0 Å². The quantitative estimate of drug-likeness (QED) is 0.397. The number of nitrogens with one attached hydrogen (secondary N) is 1. The molecule has 3 atom stereocenters. The summed E-state index contributed by atoms with van der Waals surface area (Å²) in [6.45, 7) is -1.27. The fourth-order valence-electron chi connectivity index (χ4n) is 8.47. The van der Waals surface area contributed by atoms with Crippen molar-refractivity contribution in [1.29, 1.82) is 0 Å². The Hall–Kier alpha value is -1.94. The van der Waals surface area contributed by atoms with Crippen LogP contribution >= 0.6 is 11.8 Å². The molecule has 6 fully saturated rings. The molecule has 4 bridgehead atoms. The Labute approximate surface area is 232 Å². The second-order valence-corrected chi connectivity index (χ2v) is 13.9. The van der Waals surface area contributed by atoms with Gasteiger partial charge in [0.25, 0.3) is 5.91 Å². The molecule has 2 heterocycles. The van der Waals surface area contributed by atoms with Crippen molar-refractivity contribution >= 4 is 29.5 Å². The average Bonchev–Trinajstić information content (AvgIpc) is 3.38. The lowest BCUT2D eigenvalue weighted by Gasteiger charge is -2.59. The van der Waals surface area contributed by atoms with Crippen LogP contribution in [0, 0.1) is 23.7 Å². The molecule has 2 unspecified atom stereocenters. The summed E-state index contributed by atoms with van der Waals surface area (Å²) in [5.41, 5.74) is -0.145. The number of halogens is 2. The largest absolute Gasteiger partial charge is 0.481 e. The number of nitrogens with zero attached hydrogens (tertiary/aromatic N) is 2. The Balaban J connectivity index is 1.20. The summed E-state index contributed by atoms with van der Waals surface area (Å²) < 4.78 is 31.6. The van der Waals surface area contributed by atoms with E-state index in [2.05, 4.69) is 10.2 Å². The SMILES string of the molecule is O=C(O)C[C@@H]1CCCN(c2ccc(C(=O)N[C@H]3C4CC5CC3C[C@@](OC(F)F)(C5)C4)c(SC3CCCC3)n2)C1. The molecule has 7 nitrogen and oxygen atoms in total. The number of amides is 1. The molecule has 0 spiro atoms. The number of anilines is 1. The Morgan fingerprint density at radius 1 is 1.13 bits per heavy atom. The first kappa shape index (κ1) is 27.2. The molecule has 1 aromatic rings. The Bertz CT molecular complexity index is 1060. The molecule has 6 aliphatic rings. The summed E-state index contributed by atoms with van der Waals surface area (Å²) in [6.07, 6.45) is 10.4. The summed E-state index contributed by atoms with van der Waals surface area (Å²) >= 11 is 1.70. The van der Waals surface area contributed by atoms with Crippen LogP contribution in [0.25, 0.3) is 0 Å². The lowest BCUT2D eigenvalue weighted by atomic mass is 9.52. The summed E-state index contributed by atoms with van der Waals surface area (Å²) in [6, 6.07) is 3.76. The average molecular weight is 564 g/mol. The smallest absolute Gasteiger partial charge is 0.345 e. The van der Waals surface area contributed by atoms with Gasteiger partial charge in [-0.2, -0.15) is 8.78 Å². The molecule has 2 N–H and O–H groups in total. The predicted molar refractivity (Wildman–Crippen MR) is 144 cm³/mol. The third-order valence-corrected chi connectivity index (χ3v) is 11.2. The monoisotopic (exact) mass is 563 g/mol. The third kappa shape index (κ3) is 5.92. The first-order chi connectivity index (χ1) is 18.8. The zero-order valence-electron chi connectivity index (χ0n) is 22.3. The molecule has 1 amide bonds. The number of hydrogen-bond donors (Lipinski definition) is 2. The first-order valence-corrected chi connectivity index (χ1v) is 15.6. The van der Waals surface area contributed by atoms with Crippen LogP contribution in [0.2, 0.25) is 0 Å². The molecule has 5 aliphatic carbocycles. The van der Waals surface area contributed by atoms with Crippen molar-refractivity contribution in [3.8, 4) is 0 Å². The van der Waals surface area contributed by atoms with Crippen LogP contribution in [0.4, 0.5) is 14.6 Å². The lowest BCUT2D eigenvalue weighted by Crippen LogP contribution is -2.62. The van der Waals surface area contributed by atoms with Crippen LogP contribution in [-0.4, -0.2) is 58.6 Å². The molecule has 5 saturated carbocycles. The van der Waals surface area contributed by atoms with Gasteiger partial charge in [-0.05, 0) is 93.6 Å². The van der Waals surface area contributed by atoms with Crippen molar-refractivity contribution in [3.63, 3.8) is 0 Å². The fraction of sp³-hybridized carbons (Fsp3) is 0.759. The minimum Gasteiger partial charge on any atom is -0.481 e. The van der Waals surface area contributed by atoms with Gasteiger partial charge < -0.3 is 20.1 Å². The zero-order chi connectivity index (χ0) is 27.1. The number of ether oxygens (including phenoxy) is 1. The molecule has 1 aliphatic heterocycles. The minimum atomic E-state index is -2.76. The van der Waals surface area contributed by atoms with E-state index in [1.807, 2.05) is 12.1 Å². The molecular formula is C29H39F2N3O4S. The second-order valence-electron chi connectivity index (χ2n) is 12.6. The lowest BCUT2D eigenvalue weighted by molar-refractivity contribution is -0.260. The standard InChI is InChI=1S/C29H39F2N3O4S/c30-28(31)38-29-13-18-10-19(14-29)25(20(11-18)15-29)33-26(37)22-7-8-23(32-27(22)39-21-5-1-2-6-21)34-9-3-4-17(16-34)12-24(35)36/h7-8,17-21,25,28H,1-6,9-16H2,(H,33,37)(H,35,36)/t17-,18?,19?,20?,25-,29+/m0/s1. The topological polar surface area (TPSA) is 91.8 Å². The van der Waals surface area contributed by atoms with Crippen molar-refractivity contribution in [2.45, 2.75) is 106 Å². The molecule has 39 heavy (non-hydrogen) atoms. The van der Waals surface area contributed by atoms with E-state index in [0.717, 1.165) is 55.9 Å². The maximum atomic E-state index is 13.8. The second kappa shape index (κ2) is 11.1. The van der Waals surface area contributed by atoms with Crippen LogP contribution in [-0.2, 0) is 9.53 Å². The van der Waals surface area contributed by atoms with Gasteiger partial charge in [-0.1, -0.05) is 12.8 Å². The van der Waals surface area contributed by atoms with Gasteiger partial charge in [0, 0.05) is 30.8 Å². The highest BCUT2D eigenvalue weighted by Crippen LogP contribution is 2.57. The summed E-state index contributed by atoms with van der Waals surface area (Å²) in [5, 5.41) is 13.8. The molecule has 7 rings (SSSR count). The van der Waals surface area contributed by atoms with E-state index in [1.165, 1.54) is 12.8 Å². The van der Waals surface area contributed by atoms with Crippen molar-refractivity contribution in [1.82, 2.24) is 10.3 Å². The van der Waals surface area contributed by atoms with Crippen LogP contribution in [0.15, 0.2) is 17.2 Å². The van der Waals surface area contributed by atoms with Gasteiger partial charge in [0.1, 0.15) is 10.8 Å². The first-order valence-electron chi connectivity index (χ1n) is 14.7. The number of carbonyl (C=O) groups is 2. The van der Waals surface area contributed by atoms with Crippen LogP contribution in [0.5, 0.6) is 0 Å². The van der Waals surface area contributed by atoms with Crippen molar-refractivity contribution in [2.75, 3.05) is 18.0 Å². The van der Waals surface area contributed by atoms with Gasteiger partial charge in [0.2, 0.25) is 0 Å². The van der Waals surface area contributed by atoms with E-state index in [-0.39, 0.29) is 36.1 Å². The number of hydrogen-bond acceptors (Lipinski definition) is 6. The molecule has 214 valence electrons. The van der Waals surface area contributed by atoms with Gasteiger partial charge in [0.05, 0.1) is 11.2 Å². The molecule has 1 saturated heterocycles. The number of aliphatic carboxylic acids is 1. The summed E-state index contributed by atoms with van der Waals surface area (Å²) in [7, 11) is 0. The number of pyridine rings is 1. The Morgan fingerprint density at radius 2 is 1.87 bits per heavy atom. The molecular weight excluding hydrogens is 524 g/mol. The number of alkyl halides is 2. The van der Waals surface area contributed by atoms with Gasteiger partial charge in [-0.15, -0.1) is 11.8 Å². The van der Waals surface area contributed by atoms with E-state index < -0.39 is 18.2 Å². The number of aromatic nitrogens is 1. The van der Waals surface area contributed by atoms with E-state index in [4.69, 9.17) is 9.72 Å². The van der Waals surface area contributed by atoms with E-state index >= 15 is 0 Å². The Kier molecular flexibility index (Phi) is 7.79. The minimum absolute atomic E-state index is 0.0219. The normalized spacial score (nSPS) is 34.1. The van der Waals surface area contributed by atoms with Crippen molar-refractivity contribution < 1.29 is 28.2 Å². The number of carboxylic acids is 1. The van der Waals surface area contributed by atoms with Crippen LogP contribution < -0.4 is 10.2 Å². The molecule has 0 radical (unpaired) electrons. The fourth-order valence-corrected chi connectivity index (χ4v) is 9.79. The van der Waals surface area contributed by atoms with Crippen molar-refractivity contribution in [2.24, 2.45) is 23.7 Å². The number of carboxylic acid groups (broad SMARTS) is 1. The molecule has 1 aromatic heterocycles. The zero-order valence-corrected chi connectivity index (χ0v) is 23.1. The van der Waals surface area contributed by atoms with E-state index in [0.29, 0.717) is 42.5 Å². The number of piperidine rings is 1. The van der Waals surface area contributed by atoms with E-state index in [9.17, 15) is 23.5 Å². The van der Waals surface area contributed by atoms with Gasteiger partial charge in [0.15, 0.2) is 0 Å².